The van der Waals surface area contributed by atoms with Gasteiger partial charge >= 0.3 is 0 Å². The van der Waals surface area contributed by atoms with Crippen LogP contribution in [0.25, 0.3) is 0 Å². The lowest BCUT2D eigenvalue weighted by Gasteiger charge is -2.59. The predicted octanol–water partition coefficient (Wildman–Crippen LogP) is 4.09. The van der Waals surface area contributed by atoms with E-state index in [1.807, 2.05) is 0 Å². The lowest BCUT2D eigenvalue weighted by atomic mass is 9.52. The van der Waals surface area contributed by atoms with Crippen molar-refractivity contribution in [1.29, 1.82) is 0 Å². The summed E-state index contributed by atoms with van der Waals surface area (Å²) in [5.41, 5.74) is -0.554. The Balaban J connectivity index is 1.31. The normalized spacial score (nSPS) is 56.8. The largest absolute Gasteiger partial charge is 0.388 e. The zero-order chi connectivity index (χ0) is 21.7. The first kappa shape index (κ1) is 20.8. The van der Waals surface area contributed by atoms with Gasteiger partial charge in [0, 0.05) is 44.3 Å². The summed E-state index contributed by atoms with van der Waals surface area (Å²) in [5, 5.41) is 11.8. The standard InChI is InChI=1S/C27H41NO3/c1-15-4-7-25-27(3,31)21-6-5-17-18(20(21)14-28(25)13-15)11-22-19(17)12-24(30)23-10-16(29)8-9-26(22,23)2/h15,17-23,25,31H,4-14H2,1-3H3/t15?,17-,18-,19?,20?,21?,22+,23-,25+,26?,27+/m1/s1. The SMILES string of the molecule is CC1CC[C@@H]2N(C1)CC1C(CC[C@H]3C4CC(=O)[C@H]5CC(=O)CCC5(C)[C@H]4C[C@@H]13)[C@]2(C)O. The molecule has 4 saturated carbocycles. The third kappa shape index (κ3) is 2.86. The third-order valence-electron chi connectivity index (χ3n) is 11.7. The highest BCUT2D eigenvalue weighted by atomic mass is 16.3. The molecular weight excluding hydrogens is 386 g/mol. The molecule has 6 aliphatic rings. The molecule has 4 heteroatoms. The topological polar surface area (TPSA) is 57.6 Å². The first-order valence-corrected chi connectivity index (χ1v) is 13.2. The molecule has 0 amide bonds. The monoisotopic (exact) mass is 427 g/mol. The molecule has 4 aliphatic carbocycles. The number of rotatable bonds is 0. The Kier molecular flexibility index (Phi) is 4.63. The summed E-state index contributed by atoms with van der Waals surface area (Å²) in [4.78, 5) is 28.0. The molecule has 6 rings (SSSR count). The van der Waals surface area contributed by atoms with Crippen LogP contribution in [0.4, 0.5) is 0 Å². The Bertz CT molecular complexity index is 791. The smallest absolute Gasteiger partial charge is 0.137 e. The van der Waals surface area contributed by atoms with Crippen molar-refractivity contribution in [3.63, 3.8) is 0 Å². The van der Waals surface area contributed by atoms with Crippen LogP contribution in [0.5, 0.6) is 0 Å². The number of nitrogens with zero attached hydrogens (tertiary/aromatic N) is 1. The number of aliphatic hydroxyl groups is 1. The number of piperidine rings is 2. The molecule has 0 aromatic rings. The number of fused-ring (bicyclic) bond motifs is 8. The summed E-state index contributed by atoms with van der Waals surface area (Å²) in [6.45, 7) is 9.15. The third-order valence-corrected chi connectivity index (χ3v) is 11.7. The van der Waals surface area contributed by atoms with E-state index in [9.17, 15) is 14.7 Å². The van der Waals surface area contributed by atoms with Crippen molar-refractivity contribution in [3.05, 3.63) is 0 Å². The molecule has 0 aromatic carbocycles. The van der Waals surface area contributed by atoms with Gasteiger partial charge in [-0.1, -0.05) is 13.8 Å². The van der Waals surface area contributed by atoms with Crippen LogP contribution in [0.1, 0.15) is 78.6 Å². The molecule has 11 atom stereocenters. The van der Waals surface area contributed by atoms with Gasteiger partial charge in [0.2, 0.25) is 0 Å². The molecule has 2 saturated heterocycles. The highest BCUT2D eigenvalue weighted by Crippen LogP contribution is 2.66. The second-order valence-corrected chi connectivity index (χ2v) is 13.0. The van der Waals surface area contributed by atoms with E-state index in [4.69, 9.17) is 0 Å². The minimum Gasteiger partial charge on any atom is -0.388 e. The molecule has 2 aliphatic heterocycles. The molecule has 0 spiro atoms. The fourth-order valence-corrected chi connectivity index (χ4v) is 10.2. The first-order valence-electron chi connectivity index (χ1n) is 13.2. The Labute approximate surface area is 187 Å². The lowest BCUT2D eigenvalue weighted by Crippen LogP contribution is -2.67. The summed E-state index contributed by atoms with van der Waals surface area (Å²) in [5.74, 6) is 4.81. The maximum absolute atomic E-state index is 13.2. The Morgan fingerprint density at radius 2 is 1.71 bits per heavy atom. The number of Topliss-reactive ketones (excluding diaryl/α,β-unsaturated/α-hetero) is 2. The molecule has 1 N–H and O–H groups in total. The van der Waals surface area contributed by atoms with Gasteiger partial charge < -0.3 is 5.11 Å². The molecule has 0 radical (unpaired) electrons. The Morgan fingerprint density at radius 1 is 0.903 bits per heavy atom. The van der Waals surface area contributed by atoms with E-state index in [0.29, 0.717) is 66.0 Å². The van der Waals surface area contributed by atoms with Crippen LogP contribution >= 0.6 is 0 Å². The van der Waals surface area contributed by atoms with Gasteiger partial charge in [-0.3, -0.25) is 14.5 Å². The molecule has 6 fully saturated rings. The quantitative estimate of drug-likeness (QED) is 0.632. The summed E-state index contributed by atoms with van der Waals surface area (Å²) < 4.78 is 0. The molecule has 31 heavy (non-hydrogen) atoms. The van der Waals surface area contributed by atoms with Crippen molar-refractivity contribution < 1.29 is 14.7 Å². The van der Waals surface area contributed by atoms with Crippen LogP contribution in [-0.4, -0.2) is 46.3 Å². The summed E-state index contributed by atoms with van der Waals surface area (Å²) in [7, 11) is 0. The van der Waals surface area contributed by atoms with Crippen molar-refractivity contribution in [2.75, 3.05) is 13.1 Å². The van der Waals surface area contributed by atoms with E-state index < -0.39 is 5.60 Å². The van der Waals surface area contributed by atoms with Crippen LogP contribution in [-0.2, 0) is 9.59 Å². The molecule has 172 valence electrons. The fraction of sp³-hybridized carbons (Fsp3) is 0.926. The zero-order valence-corrected chi connectivity index (χ0v) is 19.7. The molecule has 5 unspecified atom stereocenters. The van der Waals surface area contributed by atoms with Gasteiger partial charge in [0.05, 0.1) is 5.60 Å². The number of ketones is 2. The van der Waals surface area contributed by atoms with Gasteiger partial charge in [0.15, 0.2) is 0 Å². The maximum Gasteiger partial charge on any atom is 0.137 e. The second-order valence-electron chi connectivity index (χ2n) is 13.0. The van der Waals surface area contributed by atoms with E-state index in [-0.39, 0.29) is 11.3 Å². The van der Waals surface area contributed by atoms with Crippen molar-refractivity contribution in [2.45, 2.75) is 90.2 Å². The molecule has 0 bridgehead atoms. The minimum atomic E-state index is -0.582. The van der Waals surface area contributed by atoms with E-state index in [1.54, 1.807) is 0 Å². The maximum atomic E-state index is 13.2. The van der Waals surface area contributed by atoms with Gasteiger partial charge in [-0.05, 0) is 92.3 Å². The number of carbonyl (C=O) groups is 2. The van der Waals surface area contributed by atoms with Crippen LogP contribution in [0.2, 0.25) is 0 Å². The average Bonchev–Trinajstić information content (AvgIpc) is 3.09. The van der Waals surface area contributed by atoms with Crippen molar-refractivity contribution in [1.82, 2.24) is 4.90 Å². The summed E-state index contributed by atoms with van der Waals surface area (Å²) in [6, 6.07) is 0.331. The fourth-order valence-electron chi connectivity index (χ4n) is 10.2. The number of hydrogen-bond donors (Lipinski definition) is 1. The predicted molar refractivity (Wildman–Crippen MR) is 119 cm³/mol. The van der Waals surface area contributed by atoms with Crippen LogP contribution < -0.4 is 0 Å². The van der Waals surface area contributed by atoms with Gasteiger partial charge in [0.25, 0.3) is 0 Å². The molecule has 4 nitrogen and oxygen atoms in total. The highest BCUT2D eigenvalue weighted by Gasteiger charge is 2.64. The average molecular weight is 428 g/mol. The lowest BCUT2D eigenvalue weighted by molar-refractivity contribution is -0.175. The first-order chi connectivity index (χ1) is 14.7. The van der Waals surface area contributed by atoms with E-state index in [0.717, 1.165) is 44.7 Å². The van der Waals surface area contributed by atoms with Gasteiger partial charge in [-0.25, -0.2) is 0 Å². The zero-order valence-electron chi connectivity index (χ0n) is 19.7. The second kappa shape index (κ2) is 6.88. The molecular formula is C27H41NO3. The Morgan fingerprint density at radius 3 is 2.52 bits per heavy atom. The van der Waals surface area contributed by atoms with Crippen LogP contribution in [0.3, 0.4) is 0 Å². The van der Waals surface area contributed by atoms with Gasteiger partial charge in [-0.15, -0.1) is 0 Å². The summed E-state index contributed by atoms with van der Waals surface area (Å²) >= 11 is 0. The van der Waals surface area contributed by atoms with E-state index in [1.165, 1.54) is 19.3 Å². The number of hydrogen-bond acceptors (Lipinski definition) is 4. The van der Waals surface area contributed by atoms with E-state index in [2.05, 4.69) is 25.7 Å². The van der Waals surface area contributed by atoms with Crippen molar-refractivity contribution in [3.8, 4) is 0 Å². The highest BCUT2D eigenvalue weighted by molar-refractivity contribution is 5.90. The van der Waals surface area contributed by atoms with Crippen molar-refractivity contribution in [2.24, 2.45) is 52.8 Å². The number of carbonyl (C=O) groups excluding carboxylic acids is 2. The molecule has 0 aromatic heterocycles. The van der Waals surface area contributed by atoms with Gasteiger partial charge in [-0.2, -0.15) is 0 Å². The van der Waals surface area contributed by atoms with Gasteiger partial charge in [0.1, 0.15) is 11.6 Å². The molecule has 2 heterocycles. The van der Waals surface area contributed by atoms with Crippen molar-refractivity contribution >= 4 is 11.6 Å². The van der Waals surface area contributed by atoms with Crippen LogP contribution in [0, 0.1) is 52.8 Å². The Hall–Kier alpha value is -0.740. The minimum absolute atomic E-state index is 0.0206. The summed E-state index contributed by atoms with van der Waals surface area (Å²) in [6.07, 6.45) is 8.75. The van der Waals surface area contributed by atoms with Crippen LogP contribution in [0.15, 0.2) is 0 Å². The van der Waals surface area contributed by atoms with E-state index >= 15 is 0 Å².